The van der Waals surface area contributed by atoms with Crippen molar-refractivity contribution in [2.24, 2.45) is 0 Å². The number of aromatic nitrogens is 3. The number of nitrogens with zero attached hydrogens (tertiary/aromatic N) is 3. The normalized spacial score (nSPS) is 24.7. The Kier molecular flexibility index (Phi) is 7.57. The van der Waals surface area contributed by atoms with Crippen LogP contribution in [0.1, 0.15) is 6.04 Å². The summed E-state index contributed by atoms with van der Waals surface area (Å²) in [4.78, 5) is 0.510. The third-order valence-electron chi connectivity index (χ3n) is 5.27. The summed E-state index contributed by atoms with van der Waals surface area (Å²) in [5.74, 6) is -10.9. The van der Waals surface area contributed by atoms with Crippen LogP contribution >= 0.6 is 35.0 Å². The molecular weight excluding hydrogens is 544 g/mol. The molecular formula is C20H14Cl2F5N3O4S. The number of hydrogen-bond acceptors (Lipinski definition) is 7. The standard InChI is InChI=1S/C20H14Cl2F5N3O4S/c21-7-2-1-6(3-8(7)22)35-20-19(33)17(18(32)10(5-31)34-20)30-4-9(28-29-30)11-12(23)14(25)16(27)15(26)13(11)24/h1-4,10,17-20,31-33H,5H2. The summed E-state index contributed by atoms with van der Waals surface area (Å²) in [6.07, 6.45) is -3.56. The first-order valence-corrected chi connectivity index (χ1v) is 11.4. The molecule has 0 amide bonds. The van der Waals surface area contributed by atoms with Crippen molar-refractivity contribution >= 4 is 35.0 Å². The molecule has 4 rings (SSSR count). The van der Waals surface area contributed by atoms with Crippen LogP contribution in [-0.4, -0.2) is 60.7 Å². The predicted octanol–water partition coefficient (Wildman–Crippen LogP) is 3.72. The predicted molar refractivity (Wildman–Crippen MR) is 114 cm³/mol. The van der Waals surface area contributed by atoms with Gasteiger partial charge in [0.15, 0.2) is 23.3 Å². The van der Waals surface area contributed by atoms with Crippen LogP contribution in [0.3, 0.4) is 0 Å². The number of thioether (sulfide) groups is 1. The largest absolute Gasteiger partial charge is 0.394 e. The minimum absolute atomic E-state index is 0.223. The van der Waals surface area contributed by atoms with Crippen LogP contribution in [0.5, 0.6) is 0 Å². The zero-order valence-corrected chi connectivity index (χ0v) is 19.4. The maximum Gasteiger partial charge on any atom is 0.200 e. The molecule has 5 unspecified atom stereocenters. The summed E-state index contributed by atoms with van der Waals surface area (Å²) < 4.78 is 75.4. The van der Waals surface area contributed by atoms with Crippen molar-refractivity contribution in [3.63, 3.8) is 0 Å². The highest BCUT2D eigenvalue weighted by molar-refractivity contribution is 7.99. The van der Waals surface area contributed by atoms with Gasteiger partial charge in [-0.15, -0.1) is 5.10 Å². The van der Waals surface area contributed by atoms with Gasteiger partial charge < -0.3 is 20.1 Å². The summed E-state index contributed by atoms with van der Waals surface area (Å²) in [7, 11) is 0. The lowest BCUT2D eigenvalue weighted by Gasteiger charge is -2.41. The fraction of sp³-hybridized carbons (Fsp3) is 0.300. The van der Waals surface area contributed by atoms with E-state index in [1.54, 1.807) is 6.07 Å². The van der Waals surface area contributed by atoms with E-state index in [1.807, 2.05) is 0 Å². The Morgan fingerprint density at radius 2 is 1.57 bits per heavy atom. The second-order valence-electron chi connectivity index (χ2n) is 7.42. The highest BCUT2D eigenvalue weighted by Gasteiger charge is 2.46. The van der Waals surface area contributed by atoms with E-state index in [-0.39, 0.29) is 10.0 Å². The lowest BCUT2D eigenvalue weighted by molar-refractivity contribution is -0.178. The molecule has 0 spiro atoms. The van der Waals surface area contributed by atoms with Gasteiger partial charge in [0, 0.05) is 4.90 Å². The first kappa shape index (κ1) is 26.1. The van der Waals surface area contributed by atoms with Crippen LogP contribution in [0.2, 0.25) is 10.0 Å². The second-order valence-corrected chi connectivity index (χ2v) is 9.41. The van der Waals surface area contributed by atoms with Crippen LogP contribution in [0.15, 0.2) is 29.3 Å². The third kappa shape index (κ3) is 4.73. The summed E-state index contributed by atoms with van der Waals surface area (Å²) in [5.41, 5.74) is -3.18. The monoisotopic (exact) mass is 557 g/mol. The Labute approximate surface area is 208 Å². The number of benzene rings is 2. The SMILES string of the molecule is OCC1OC(Sc2ccc(Cl)c(Cl)c2)C(O)C(n2cc(-c3c(F)c(F)c(F)c(F)c3F)nn2)C1O. The number of aliphatic hydroxyl groups is 3. The highest BCUT2D eigenvalue weighted by atomic mass is 35.5. The van der Waals surface area contributed by atoms with Crippen molar-refractivity contribution in [1.82, 2.24) is 15.0 Å². The van der Waals surface area contributed by atoms with E-state index < -0.39 is 76.7 Å². The van der Waals surface area contributed by atoms with Crippen LogP contribution in [0, 0.1) is 29.1 Å². The molecule has 0 saturated carbocycles. The van der Waals surface area contributed by atoms with Crippen LogP contribution < -0.4 is 0 Å². The Balaban J connectivity index is 1.69. The number of halogens is 7. The molecule has 2 heterocycles. The van der Waals surface area contributed by atoms with E-state index in [0.717, 1.165) is 22.6 Å². The van der Waals surface area contributed by atoms with Crippen molar-refractivity contribution in [2.45, 2.75) is 34.7 Å². The minimum Gasteiger partial charge on any atom is -0.394 e. The minimum atomic E-state index is -2.33. The molecule has 0 aliphatic carbocycles. The molecule has 15 heteroatoms. The molecule has 35 heavy (non-hydrogen) atoms. The van der Waals surface area contributed by atoms with Gasteiger partial charge in [0.1, 0.15) is 35.5 Å². The van der Waals surface area contributed by atoms with E-state index >= 15 is 0 Å². The molecule has 1 saturated heterocycles. The molecule has 0 radical (unpaired) electrons. The number of aliphatic hydroxyl groups excluding tert-OH is 3. The van der Waals surface area contributed by atoms with Crippen molar-refractivity contribution < 1.29 is 42.0 Å². The van der Waals surface area contributed by atoms with Crippen LogP contribution in [0.4, 0.5) is 22.0 Å². The van der Waals surface area contributed by atoms with E-state index in [1.165, 1.54) is 12.1 Å². The molecule has 5 atom stereocenters. The first-order chi connectivity index (χ1) is 16.5. The maximum atomic E-state index is 14.2. The van der Waals surface area contributed by atoms with Gasteiger partial charge in [-0.25, -0.2) is 26.6 Å². The van der Waals surface area contributed by atoms with Gasteiger partial charge >= 0.3 is 0 Å². The summed E-state index contributed by atoms with van der Waals surface area (Å²) >= 11 is 12.9. The maximum absolute atomic E-state index is 14.2. The summed E-state index contributed by atoms with van der Waals surface area (Å²) in [6.45, 7) is -0.679. The van der Waals surface area contributed by atoms with Crippen molar-refractivity contribution in [3.05, 3.63) is 63.5 Å². The van der Waals surface area contributed by atoms with E-state index in [9.17, 15) is 37.3 Å². The van der Waals surface area contributed by atoms with Gasteiger partial charge in [-0.05, 0) is 18.2 Å². The highest BCUT2D eigenvalue weighted by Crippen LogP contribution is 2.40. The van der Waals surface area contributed by atoms with Crippen LogP contribution in [-0.2, 0) is 4.74 Å². The zero-order valence-electron chi connectivity index (χ0n) is 17.0. The van der Waals surface area contributed by atoms with E-state index in [0.29, 0.717) is 4.90 Å². The van der Waals surface area contributed by atoms with Gasteiger partial charge in [-0.1, -0.05) is 40.2 Å². The molecule has 1 aromatic heterocycles. The molecule has 2 aromatic carbocycles. The average Bonchev–Trinajstić information content (AvgIpc) is 3.30. The fourth-order valence-electron chi connectivity index (χ4n) is 3.53. The molecule has 3 aromatic rings. The van der Waals surface area contributed by atoms with Crippen LogP contribution in [0.25, 0.3) is 11.3 Å². The molecule has 1 aliphatic heterocycles. The molecule has 188 valence electrons. The van der Waals surface area contributed by atoms with Crippen molar-refractivity contribution in [3.8, 4) is 11.3 Å². The molecule has 3 N–H and O–H groups in total. The van der Waals surface area contributed by atoms with E-state index in [2.05, 4.69) is 10.3 Å². The lowest BCUT2D eigenvalue weighted by atomic mass is 9.97. The van der Waals surface area contributed by atoms with Crippen molar-refractivity contribution in [2.75, 3.05) is 6.61 Å². The Morgan fingerprint density at radius 1 is 0.943 bits per heavy atom. The van der Waals surface area contributed by atoms with Crippen molar-refractivity contribution in [1.29, 1.82) is 0 Å². The van der Waals surface area contributed by atoms with Gasteiger partial charge in [0.05, 0.1) is 28.4 Å². The Bertz CT molecular complexity index is 1240. The lowest BCUT2D eigenvalue weighted by Crippen LogP contribution is -2.55. The topological polar surface area (TPSA) is 101 Å². The first-order valence-electron chi connectivity index (χ1n) is 9.73. The fourth-order valence-corrected chi connectivity index (χ4v) is 4.99. The van der Waals surface area contributed by atoms with Gasteiger partial charge in [0.25, 0.3) is 0 Å². The third-order valence-corrected chi connectivity index (χ3v) is 7.16. The van der Waals surface area contributed by atoms with Gasteiger partial charge in [-0.3, -0.25) is 0 Å². The Hall–Kier alpha value is -2.00. The summed E-state index contributed by atoms with van der Waals surface area (Å²) in [5, 5.41) is 38.8. The number of rotatable bonds is 5. The quantitative estimate of drug-likeness (QED) is 0.250. The van der Waals surface area contributed by atoms with Gasteiger partial charge in [0.2, 0.25) is 5.82 Å². The number of hydrogen-bond donors (Lipinski definition) is 3. The average molecular weight is 558 g/mol. The van der Waals surface area contributed by atoms with E-state index in [4.69, 9.17) is 27.9 Å². The molecule has 1 aliphatic rings. The van der Waals surface area contributed by atoms with Gasteiger partial charge in [-0.2, -0.15) is 0 Å². The zero-order chi connectivity index (χ0) is 25.6. The smallest absolute Gasteiger partial charge is 0.200 e. The molecule has 0 bridgehead atoms. The number of ether oxygens (including phenoxy) is 1. The Morgan fingerprint density at radius 3 is 2.17 bits per heavy atom. The summed E-state index contributed by atoms with van der Waals surface area (Å²) in [6, 6.07) is 3.20. The molecule has 7 nitrogen and oxygen atoms in total. The molecule has 1 fully saturated rings. The second kappa shape index (κ2) is 10.2.